The predicted molar refractivity (Wildman–Crippen MR) is 46.2 cm³/mol. The van der Waals surface area contributed by atoms with Crippen molar-refractivity contribution >= 4 is 38.0 Å². The Hall–Kier alpha value is -0.0331. The average Bonchev–Trinajstić information content (AvgIpc) is 1.80. The number of phenolic OH excluding ortho intramolecular Hbond substituents is 1. The van der Waals surface area contributed by atoms with Crippen LogP contribution >= 0.6 is 22.6 Å². The van der Waals surface area contributed by atoms with Crippen molar-refractivity contribution in [3.05, 3.63) is 21.8 Å². The highest BCUT2D eigenvalue weighted by molar-refractivity contribution is 14.1. The monoisotopic (exact) mass is 247 g/mol. The van der Waals surface area contributed by atoms with Gasteiger partial charge in [0.15, 0.2) is 0 Å². The minimum atomic E-state index is 0.307. The van der Waals surface area contributed by atoms with Gasteiger partial charge in [-0.25, -0.2) is 0 Å². The third kappa shape index (κ3) is 1.69. The Morgan fingerprint density at radius 3 is 2.56 bits per heavy atom. The molecule has 0 unspecified atom stereocenters. The molecule has 0 heterocycles. The molecule has 1 rings (SSSR count). The Morgan fingerprint density at radius 2 is 2.11 bits per heavy atom. The van der Waals surface area contributed by atoms with Crippen molar-refractivity contribution in [1.82, 2.24) is 0 Å². The summed E-state index contributed by atoms with van der Waals surface area (Å²) in [5, 5.41) is 9.92. The van der Waals surface area contributed by atoms with E-state index in [0.29, 0.717) is 5.75 Å². The molecule has 0 spiro atoms. The molecule has 0 saturated carbocycles. The molecular weight excluding hydrogens is 243 g/mol. The lowest BCUT2D eigenvalue weighted by atomic mass is 10.3. The second-order valence-electron chi connectivity index (χ2n) is 1.66. The molecule has 0 aromatic heterocycles. The number of hydrogen-bond donors (Lipinski definition) is 1. The number of aromatic hydroxyl groups is 1. The quantitative estimate of drug-likeness (QED) is 0.531. The molecule has 1 N–H and O–H groups in total. The molecule has 0 amide bonds. The van der Waals surface area contributed by atoms with Gasteiger partial charge >= 0.3 is 0 Å². The topological polar surface area (TPSA) is 20.2 Å². The van der Waals surface area contributed by atoms with Gasteiger partial charge in [-0.1, -0.05) is 11.3 Å². The summed E-state index contributed by atoms with van der Waals surface area (Å²) < 4.78 is 1.02. The molecule has 0 aliphatic carbocycles. The van der Waals surface area contributed by atoms with Gasteiger partial charge in [0.05, 0.1) is 10.2 Å². The largest absolute Gasteiger partial charge is 0.508 e. The van der Waals surface area contributed by atoms with Crippen molar-refractivity contribution in [2.45, 2.75) is 0 Å². The first-order chi connectivity index (χ1) is 4.20. The molecule has 1 aromatic carbocycles. The molecule has 0 aliphatic heterocycles. The molecule has 1 aromatic rings. The van der Waals surface area contributed by atoms with Crippen LogP contribution in [-0.2, 0) is 0 Å². The van der Waals surface area contributed by atoms with Crippen LogP contribution in [-0.4, -0.2) is 15.3 Å². The zero-order valence-corrected chi connectivity index (χ0v) is 7.71. The van der Waals surface area contributed by atoms with E-state index in [1.165, 1.54) is 0 Å². The van der Waals surface area contributed by atoms with Crippen molar-refractivity contribution in [3.8, 4) is 5.75 Å². The van der Waals surface area contributed by atoms with E-state index in [2.05, 4.69) is 32.8 Å². The standard InChI is InChI=1S/C6H4IOSi/c7-5-3-4(8)1-2-6(5)9/h1-3,8H. The number of phenols is 1. The Morgan fingerprint density at radius 1 is 1.44 bits per heavy atom. The number of benzene rings is 1. The van der Waals surface area contributed by atoms with Crippen molar-refractivity contribution in [1.29, 1.82) is 0 Å². The minimum Gasteiger partial charge on any atom is -0.508 e. The van der Waals surface area contributed by atoms with Crippen LogP contribution in [0.15, 0.2) is 18.2 Å². The minimum absolute atomic E-state index is 0.307. The van der Waals surface area contributed by atoms with Crippen LogP contribution in [0.2, 0.25) is 0 Å². The van der Waals surface area contributed by atoms with Gasteiger partial charge in [-0.3, -0.25) is 0 Å². The van der Waals surface area contributed by atoms with Crippen LogP contribution in [0.1, 0.15) is 0 Å². The molecular formula is C6H4IOSi. The first kappa shape index (κ1) is 7.08. The van der Waals surface area contributed by atoms with E-state index in [4.69, 9.17) is 5.11 Å². The third-order valence-corrected chi connectivity index (χ3v) is 2.79. The zero-order chi connectivity index (χ0) is 6.85. The van der Waals surface area contributed by atoms with E-state index in [1.54, 1.807) is 12.1 Å². The summed E-state index contributed by atoms with van der Waals surface area (Å²) in [7, 11) is 3.36. The Kier molecular flexibility index (Phi) is 2.12. The van der Waals surface area contributed by atoms with Crippen LogP contribution in [0.5, 0.6) is 5.75 Å². The van der Waals surface area contributed by atoms with Crippen LogP contribution in [0, 0.1) is 3.57 Å². The number of rotatable bonds is 0. The van der Waals surface area contributed by atoms with Crippen molar-refractivity contribution < 1.29 is 5.11 Å². The lowest BCUT2D eigenvalue weighted by molar-refractivity contribution is 0.475. The maximum absolute atomic E-state index is 8.91. The fraction of sp³-hybridized carbons (Fsp3) is 0. The molecule has 0 aliphatic rings. The molecule has 3 heteroatoms. The van der Waals surface area contributed by atoms with E-state index in [9.17, 15) is 0 Å². The average molecular weight is 247 g/mol. The molecule has 45 valence electrons. The second kappa shape index (κ2) is 2.70. The SMILES string of the molecule is Oc1ccc([Si])c(I)c1. The van der Waals surface area contributed by atoms with Gasteiger partial charge in [0.2, 0.25) is 0 Å². The molecule has 0 bridgehead atoms. The normalized spacial score (nSPS) is 9.56. The highest BCUT2D eigenvalue weighted by atomic mass is 127. The van der Waals surface area contributed by atoms with Crippen molar-refractivity contribution in [2.75, 3.05) is 0 Å². The van der Waals surface area contributed by atoms with Gasteiger partial charge < -0.3 is 5.11 Å². The highest BCUT2D eigenvalue weighted by Gasteiger charge is 1.92. The maximum atomic E-state index is 8.91. The Balaban J connectivity index is 3.17. The van der Waals surface area contributed by atoms with E-state index < -0.39 is 0 Å². The van der Waals surface area contributed by atoms with Gasteiger partial charge in [0.25, 0.3) is 0 Å². The lowest BCUT2D eigenvalue weighted by Crippen LogP contribution is -2.04. The van der Waals surface area contributed by atoms with Gasteiger partial charge in [-0.2, -0.15) is 0 Å². The molecule has 1 nitrogen and oxygen atoms in total. The summed E-state index contributed by atoms with van der Waals surface area (Å²) in [4.78, 5) is 0. The van der Waals surface area contributed by atoms with Crippen LogP contribution in [0.3, 0.4) is 0 Å². The van der Waals surface area contributed by atoms with Crippen LogP contribution < -0.4 is 5.19 Å². The summed E-state index contributed by atoms with van der Waals surface area (Å²) in [5.41, 5.74) is 0. The van der Waals surface area contributed by atoms with Crippen molar-refractivity contribution in [2.24, 2.45) is 0 Å². The fourth-order valence-electron chi connectivity index (χ4n) is 0.504. The van der Waals surface area contributed by atoms with Crippen LogP contribution in [0.25, 0.3) is 0 Å². The molecule has 9 heavy (non-hydrogen) atoms. The van der Waals surface area contributed by atoms with Crippen molar-refractivity contribution in [3.63, 3.8) is 0 Å². The molecule has 3 radical (unpaired) electrons. The molecule has 0 atom stereocenters. The lowest BCUT2D eigenvalue weighted by Gasteiger charge is -1.95. The summed E-state index contributed by atoms with van der Waals surface area (Å²) >= 11 is 2.14. The van der Waals surface area contributed by atoms with Gasteiger partial charge in [0, 0.05) is 3.57 Å². The smallest absolute Gasteiger partial charge is 0.116 e. The van der Waals surface area contributed by atoms with Gasteiger partial charge in [-0.15, -0.1) is 0 Å². The zero-order valence-electron chi connectivity index (χ0n) is 4.56. The van der Waals surface area contributed by atoms with E-state index in [-0.39, 0.29) is 0 Å². The second-order valence-corrected chi connectivity index (χ2v) is 3.37. The first-order valence-corrected chi connectivity index (χ1v) is 3.98. The maximum Gasteiger partial charge on any atom is 0.116 e. The summed E-state index contributed by atoms with van der Waals surface area (Å²) in [6.07, 6.45) is 0. The predicted octanol–water partition coefficient (Wildman–Crippen LogP) is 0.791. The fourth-order valence-corrected chi connectivity index (χ4v) is 1.16. The summed E-state index contributed by atoms with van der Waals surface area (Å²) in [5.74, 6) is 0.307. The molecule has 0 fully saturated rings. The first-order valence-electron chi connectivity index (χ1n) is 2.40. The Labute approximate surface area is 70.7 Å². The third-order valence-electron chi connectivity index (χ3n) is 0.953. The van der Waals surface area contributed by atoms with Gasteiger partial charge in [-0.05, 0) is 34.7 Å². The van der Waals surface area contributed by atoms with E-state index in [0.717, 1.165) is 8.76 Å². The van der Waals surface area contributed by atoms with Crippen LogP contribution in [0.4, 0.5) is 0 Å². The number of halogens is 1. The van der Waals surface area contributed by atoms with Gasteiger partial charge in [0.1, 0.15) is 5.75 Å². The summed E-state index contributed by atoms with van der Waals surface area (Å²) in [6.45, 7) is 0. The summed E-state index contributed by atoms with van der Waals surface area (Å²) in [6, 6.07) is 5.15. The van der Waals surface area contributed by atoms with E-state index in [1.807, 2.05) is 6.07 Å². The van der Waals surface area contributed by atoms with E-state index >= 15 is 0 Å². The number of hydrogen-bond acceptors (Lipinski definition) is 1. The Bertz CT molecular complexity index is 224. The molecule has 0 saturated heterocycles. The highest BCUT2D eigenvalue weighted by Crippen LogP contribution is 2.09.